The average molecular weight is 335 g/mol. The molecular weight excluding hydrogens is 310 g/mol. The molecule has 2 bridgehead atoms. The van der Waals surface area contributed by atoms with Gasteiger partial charge in [0.15, 0.2) is 5.78 Å². The van der Waals surface area contributed by atoms with E-state index >= 15 is 0 Å². The first-order valence-electron chi connectivity index (χ1n) is 9.41. The van der Waals surface area contributed by atoms with Crippen molar-refractivity contribution in [3.63, 3.8) is 0 Å². The van der Waals surface area contributed by atoms with E-state index in [0.717, 1.165) is 26.1 Å². The largest absolute Gasteiger partial charge is 0.361 e. The van der Waals surface area contributed by atoms with Crippen molar-refractivity contribution in [3.8, 4) is 0 Å². The normalized spacial score (nSPS) is 35.8. The molecule has 1 aromatic carbocycles. The Morgan fingerprint density at radius 1 is 1.20 bits per heavy atom. The number of hydrogen-bond acceptors (Lipinski definition) is 3. The van der Waals surface area contributed by atoms with Crippen molar-refractivity contribution >= 4 is 5.78 Å². The zero-order valence-electron chi connectivity index (χ0n) is 14.9. The lowest BCUT2D eigenvalue weighted by Crippen LogP contribution is -2.57. The van der Waals surface area contributed by atoms with Gasteiger partial charge < -0.3 is 4.74 Å². The Morgan fingerprint density at radius 3 is 2.80 bits per heavy atom. The van der Waals surface area contributed by atoms with Crippen LogP contribution < -0.4 is 0 Å². The number of carbonyl (C=O) groups excluding carboxylic acids is 1. The molecule has 5 rings (SSSR count). The maximum atomic E-state index is 13.2. The third-order valence-corrected chi connectivity index (χ3v) is 6.68. The van der Waals surface area contributed by atoms with Crippen LogP contribution in [0.2, 0.25) is 0 Å². The summed E-state index contributed by atoms with van der Waals surface area (Å²) in [6.45, 7) is 7.35. The van der Waals surface area contributed by atoms with Crippen LogP contribution >= 0.6 is 0 Å². The number of ether oxygens (including phenoxy) is 1. The monoisotopic (exact) mass is 335 g/mol. The molecule has 3 heterocycles. The standard InChI is InChI=1S/C22H25NO2/c1-22(2)18-10-6-9-15(18)20-19(24)16-12-23(13-17(16)21(22)25-20)11-14-7-4-3-5-8-14/h3-8,10,16-17,20-21H,9,11-13H2,1-2H3/t16?,17?,20-,21-/m1/s1. The maximum Gasteiger partial charge on any atom is 0.170 e. The first kappa shape index (κ1) is 15.5. The van der Waals surface area contributed by atoms with Gasteiger partial charge in [-0.3, -0.25) is 9.69 Å². The third kappa shape index (κ3) is 2.22. The highest BCUT2D eigenvalue weighted by Crippen LogP contribution is 2.53. The Hall–Kier alpha value is -1.71. The number of carbonyl (C=O) groups is 1. The quantitative estimate of drug-likeness (QED) is 0.830. The minimum atomic E-state index is -0.291. The van der Waals surface area contributed by atoms with Gasteiger partial charge in [-0.15, -0.1) is 0 Å². The SMILES string of the molecule is CC1(C)C2=C(CC=C2)[C@H]2O[C@@H]1C1CN(Cc3ccccc3)CC1C2=O. The van der Waals surface area contributed by atoms with Crippen LogP contribution in [0.5, 0.6) is 0 Å². The summed E-state index contributed by atoms with van der Waals surface area (Å²) in [6, 6.07) is 10.6. The predicted molar refractivity (Wildman–Crippen MR) is 96.9 cm³/mol. The lowest BCUT2D eigenvalue weighted by atomic mass is 9.64. The highest BCUT2D eigenvalue weighted by Gasteiger charge is 2.58. The fourth-order valence-corrected chi connectivity index (χ4v) is 5.51. The second-order valence-electron chi connectivity index (χ2n) is 8.56. The second-order valence-corrected chi connectivity index (χ2v) is 8.56. The minimum Gasteiger partial charge on any atom is -0.361 e. The van der Waals surface area contributed by atoms with E-state index in [9.17, 15) is 4.79 Å². The van der Waals surface area contributed by atoms with Crippen molar-refractivity contribution in [3.05, 3.63) is 59.2 Å². The van der Waals surface area contributed by atoms with Crippen molar-refractivity contribution in [2.45, 2.75) is 39.0 Å². The lowest BCUT2D eigenvalue weighted by molar-refractivity contribution is -0.165. The highest BCUT2D eigenvalue weighted by molar-refractivity contribution is 5.91. The summed E-state index contributed by atoms with van der Waals surface area (Å²) in [5.41, 5.74) is 3.90. The van der Waals surface area contributed by atoms with Crippen LogP contribution in [0.1, 0.15) is 25.8 Å². The first-order valence-corrected chi connectivity index (χ1v) is 9.41. The molecule has 2 unspecified atom stereocenters. The van der Waals surface area contributed by atoms with Crippen LogP contribution in [0.25, 0.3) is 0 Å². The number of ketones is 1. The zero-order valence-corrected chi connectivity index (χ0v) is 14.9. The summed E-state index contributed by atoms with van der Waals surface area (Å²) in [5.74, 6) is 0.760. The van der Waals surface area contributed by atoms with Gasteiger partial charge in [0.25, 0.3) is 0 Å². The summed E-state index contributed by atoms with van der Waals surface area (Å²) in [6.07, 6.45) is 5.17. The van der Waals surface area contributed by atoms with E-state index in [-0.39, 0.29) is 23.5 Å². The van der Waals surface area contributed by atoms with Crippen LogP contribution in [0.4, 0.5) is 0 Å². The van der Waals surface area contributed by atoms with Crippen LogP contribution in [-0.2, 0) is 16.1 Å². The molecule has 1 aromatic rings. The lowest BCUT2D eigenvalue weighted by Gasteiger charge is -2.50. The number of fused-ring (bicyclic) bond motifs is 5. The average Bonchev–Trinajstić information content (AvgIpc) is 3.23. The Labute approximate surface area is 149 Å². The Morgan fingerprint density at radius 2 is 2.00 bits per heavy atom. The van der Waals surface area contributed by atoms with Crippen molar-refractivity contribution in [1.82, 2.24) is 4.90 Å². The fraction of sp³-hybridized carbons (Fsp3) is 0.500. The van der Waals surface area contributed by atoms with Crippen molar-refractivity contribution in [2.24, 2.45) is 17.3 Å². The topological polar surface area (TPSA) is 29.5 Å². The molecule has 0 aromatic heterocycles. The summed E-state index contributed by atoms with van der Waals surface area (Å²) in [7, 11) is 0. The molecule has 0 saturated carbocycles. The third-order valence-electron chi connectivity index (χ3n) is 6.68. The van der Waals surface area contributed by atoms with E-state index in [0.29, 0.717) is 11.7 Å². The van der Waals surface area contributed by atoms with E-state index in [1.807, 2.05) is 0 Å². The molecule has 4 atom stereocenters. The predicted octanol–water partition coefficient (Wildman–Crippen LogP) is 3.37. The molecule has 0 radical (unpaired) electrons. The minimum absolute atomic E-state index is 0.00872. The molecule has 3 heteroatoms. The number of Topliss-reactive ketones (excluding diaryl/α,β-unsaturated/α-hetero) is 1. The van der Waals surface area contributed by atoms with Crippen LogP contribution in [-0.4, -0.2) is 36.0 Å². The van der Waals surface area contributed by atoms with Crippen molar-refractivity contribution in [1.29, 1.82) is 0 Å². The first-order chi connectivity index (χ1) is 12.1. The summed E-state index contributed by atoms with van der Waals surface area (Å²) >= 11 is 0. The van der Waals surface area contributed by atoms with Gasteiger partial charge in [0.1, 0.15) is 6.10 Å². The molecule has 0 N–H and O–H groups in total. The maximum absolute atomic E-state index is 13.2. The summed E-state index contributed by atoms with van der Waals surface area (Å²) in [5, 5.41) is 0. The van der Waals surface area contributed by atoms with E-state index in [2.05, 4.69) is 61.2 Å². The molecule has 1 aliphatic carbocycles. The smallest absolute Gasteiger partial charge is 0.170 e. The van der Waals surface area contributed by atoms with Crippen LogP contribution in [0.15, 0.2) is 53.6 Å². The molecule has 0 spiro atoms. The van der Waals surface area contributed by atoms with Gasteiger partial charge in [-0.25, -0.2) is 0 Å². The van der Waals surface area contributed by atoms with E-state index in [4.69, 9.17) is 4.74 Å². The van der Waals surface area contributed by atoms with Crippen molar-refractivity contribution < 1.29 is 9.53 Å². The number of benzene rings is 1. The molecular formula is C22H25NO2. The number of hydrogen-bond donors (Lipinski definition) is 0. The van der Waals surface area contributed by atoms with Crippen LogP contribution in [0, 0.1) is 17.3 Å². The molecule has 130 valence electrons. The summed E-state index contributed by atoms with van der Waals surface area (Å²) in [4.78, 5) is 15.6. The second kappa shape index (κ2) is 5.39. The molecule has 2 saturated heterocycles. The van der Waals surface area contributed by atoms with Gasteiger partial charge in [-0.1, -0.05) is 56.3 Å². The fourth-order valence-electron chi connectivity index (χ4n) is 5.51. The van der Waals surface area contributed by atoms with Crippen molar-refractivity contribution in [2.75, 3.05) is 13.1 Å². The van der Waals surface area contributed by atoms with E-state index in [1.54, 1.807) is 0 Å². The zero-order chi connectivity index (χ0) is 17.2. The van der Waals surface area contributed by atoms with Crippen LogP contribution in [0.3, 0.4) is 0 Å². The number of nitrogens with zero attached hydrogens (tertiary/aromatic N) is 1. The van der Waals surface area contributed by atoms with Gasteiger partial charge in [0, 0.05) is 36.9 Å². The molecule has 2 fully saturated rings. The molecule has 3 aliphatic heterocycles. The van der Waals surface area contributed by atoms with E-state index in [1.165, 1.54) is 16.7 Å². The molecule has 0 amide bonds. The number of allylic oxidation sites excluding steroid dienone is 2. The Balaban J connectivity index is 1.45. The van der Waals surface area contributed by atoms with Gasteiger partial charge in [-0.2, -0.15) is 0 Å². The van der Waals surface area contributed by atoms with Gasteiger partial charge in [-0.05, 0) is 23.1 Å². The molecule has 3 nitrogen and oxygen atoms in total. The Kier molecular flexibility index (Phi) is 3.35. The Bertz CT molecular complexity index is 776. The van der Waals surface area contributed by atoms with E-state index < -0.39 is 0 Å². The number of likely N-dealkylation sites (tertiary alicyclic amines) is 1. The van der Waals surface area contributed by atoms with Gasteiger partial charge >= 0.3 is 0 Å². The van der Waals surface area contributed by atoms with Gasteiger partial charge in [0.05, 0.1) is 6.10 Å². The number of rotatable bonds is 2. The highest BCUT2D eigenvalue weighted by atomic mass is 16.5. The molecule has 4 aliphatic rings. The molecule has 25 heavy (non-hydrogen) atoms. The van der Waals surface area contributed by atoms with Gasteiger partial charge in [0.2, 0.25) is 0 Å². The summed E-state index contributed by atoms with van der Waals surface area (Å²) < 4.78 is 6.40.